The number of nitrogens with zero attached hydrogens (tertiary/aromatic N) is 9. The van der Waals surface area contributed by atoms with Crippen LogP contribution in [0.3, 0.4) is 0 Å². The Labute approximate surface area is 621 Å². The van der Waals surface area contributed by atoms with Gasteiger partial charge in [-0.2, -0.15) is 10.2 Å². The lowest BCUT2D eigenvalue weighted by molar-refractivity contribution is 0.00578. The Morgan fingerprint density at radius 1 is 0.451 bits per heavy atom. The van der Waals surface area contributed by atoms with Crippen LogP contribution >= 0.6 is 66.5 Å². The van der Waals surface area contributed by atoms with Gasteiger partial charge in [-0.25, -0.2) is 9.97 Å². The van der Waals surface area contributed by atoms with Crippen LogP contribution in [0, 0.1) is 0 Å². The highest BCUT2D eigenvalue weighted by atomic mass is 79.9. The van der Waals surface area contributed by atoms with Crippen LogP contribution in [0.4, 0.5) is 17.1 Å². The Hall–Kier alpha value is -7.45. The number of pyridine rings is 4. The number of piperazine rings is 4. The van der Waals surface area contributed by atoms with Gasteiger partial charge in [-0.15, -0.1) is 0 Å². The lowest BCUT2D eigenvalue weighted by Crippen LogP contribution is -2.43. The maximum Gasteiger partial charge on any atom is 0.494 e. The summed E-state index contributed by atoms with van der Waals surface area (Å²) in [5.41, 5.74) is 12.0. The molecule has 0 radical (unpaired) electrons. The number of aryl methyl sites for hydroxylation is 2. The van der Waals surface area contributed by atoms with Crippen molar-refractivity contribution in [3.63, 3.8) is 0 Å². The molecule has 0 atom stereocenters. The molecule has 102 heavy (non-hydrogen) atoms. The second-order valence-corrected chi connectivity index (χ2v) is 34.1. The zero-order chi connectivity index (χ0) is 72.0. The van der Waals surface area contributed by atoms with Crippen molar-refractivity contribution in [3.05, 3.63) is 200 Å². The summed E-state index contributed by atoms with van der Waals surface area (Å²) < 4.78 is 26.3. The number of aromatic nitrogens is 8. The molecule has 7 N–H and O–H groups in total. The highest BCUT2D eigenvalue weighted by molar-refractivity contribution is 9.10. The van der Waals surface area contributed by atoms with E-state index in [0.717, 1.165) is 186 Å². The smallest absolute Gasteiger partial charge is 0.399 e. The Morgan fingerprint density at radius 2 is 0.853 bits per heavy atom. The largest absolute Gasteiger partial charge is 0.494 e. The second kappa shape index (κ2) is 34.9. The maximum atomic E-state index is 11.2. The summed E-state index contributed by atoms with van der Waals surface area (Å²) in [4.78, 5) is 44.0. The molecule has 5 aliphatic rings. The van der Waals surface area contributed by atoms with Gasteiger partial charge in [0.2, 0.25) is 11.1 Å². The lowest BCUT2D eigenvalue weighted by atomic mass is 9.79. The molecule has 28 heteroatoms. The lowest BCUT2D eigenvalue weighted by Gasteiger charge is -2.32. The number of hydrogen-bond donors (Lipinski definition) is 7. The van der Waals surface area contributed by atoms with Gasteiger partial charge in [0.25, 0.3) is 0 Å². The minimum Gasteiger partial charge on any atom is -0.399 e. The third-order valence-corrected chi connectivity index (χ3v) is 18.9. The number of rotatable bonds is 5. The van der Waals surface area contributed by atoms with E-state index in [-0.39, 0.29) is 29.4 Å². The first-order valence-electron chi connectivity index (χ1n) is 34.0. The molecule has 5 aliphatic heterocycles. The summed E-state index contributed by atoms with van der Waals surface area (Å²) in [6.45, 7) is 25.4. The highest BCUT2D eigenvalue weighted by Gasteiger charge is 2.51. The van der Waals surface area contributed by atoms with Gasteiger partial charge < -0.3 is 60.6 Å². The molecule has 534 valence electrons. The standard InChI is InChI=1S/C21H21N5.C14H19BN2O2.C13H14ClN3.C13H15N3O.C9H6BrNO.C4H10N2.Cl3OP/c1-25-14-17-12-15(3-6-21(17)24-25)19-5-2-16-13-18(4-7-20(16)23-19)26-10-8-22-9-11-26;1-13(2)14(3,4)19-15(18-13)11-6-7-12-10(8-11)9-17(5)16-12;14-13-4-1-10-9-11(2-3-12(10)16-13)17-7-5-15-6-8-17;17-13-4-1-10-9-11(2-3-12(10)15-13)16-7-5-14-6-8-16;10-7-2-3-8-6(5-7)1-4-9(12)11-8;1-2-6-4-3-5-1;1-5(2,3)4/h2-7,12-14,22H,8-11H2,1H3;6-9H,1-5H3;1-4,9,15H,5-8H2;1-4,9,14H,5-8H2,(H,15,17);1-5H,(H,11,12);5-6H,1-4H2;. The zero-order valence-electron chi connectivity index (χ0n) is 58.0. The first-order valence-corrected chi connectivity index (χ1v) is 39.6. The fourth-order valence-corrected chi connectivity index (χ4v) is 12.7. The van der Waals surface area contributed by atoms with E-state index in [0.29, 0.717) is 5.15 Å². The normalized spacial score (nSPS) is 16.5. The minimum atomic E-state index is -3.22. The van der Waals surface area contributed by atoms with E-state index in [1.54, 1.807) is 12.1 Å². The van der Waals surface area contributed by atoms with E-state index in [2.05, 4.69) is 223 Å². The number of anilines is 3. The predicted molar refractivity (Wildman–Crippen MR) is 428 cm³/mol. The Balaban J connectivity index is 0.000000125. The Bertz CT molecular complexity index is 4960. The van der Waals surface area contributed by atoms with Crippen molar-refractivity contribution >= 4 is 162 Å². The van der Waals surface area contributed by atoms with Gasteiger partial charge in [-0.1, -0.05) is 51.8 Å². The molecule has 12 aromatic rings. The van der Waals surface area contributed by atoms with Crippen LogP contribution in [0.25, 0.3) is 76.7 Å². The van der Waals surface area contributed by atoms with Crippen molar-refractivity contribution in [1.29, 1.82) is 0 Å². The van der Waals surface area contributed by atoms with Crippen LogP contribution in [0.1, 0.15) is 27.7 Å². The molecule has 5 fully saturated rings. The van der Waals surface area contributed by atoms with Gasteiger partial charge in [-0.05, 0) is 194 Å². The summed E-state index contributed by atoms with van der Waals surface area (Å²) in [7, 11) is 3.56. The fourth-order valence-electron chi connectivity index (χ4n) is 12.2. The number of nitrogens with one attached hydrogen (secondary N) is 7. The van der Waals surface area contributed by atoms with Crippen LogP contribution in [0.2, 0.25) is 5.15 Å². The third-order valence-electron chi connectivity index (χ3n) is 18.2. The molecule has 0 unspecified atom stereocenters. The summed E-state index contributed by atoms with van der Waals surface area (Å²) in [6, 6.07) is 52.2. The van der Waals surface area contributed by atoms with Gasteiger partial charge in [0.05, 0.1) is 39.0 Å². The molecule has 17 rings (SSSR count). The molecule has 6 aromatic carbocycles. The Kier molecular flexibility index (Phi) is 25.9. The van der Waals surface area contributed by atoms with Gasteiger partial charge in [0.1, 0.15) is 5.15 Å². The molecule has 0 saturated carbocycles. The van der Waals surface area contributed by atoms with Crippen molar-refractivity contribution in [1.82, 2.24) is 66.1 Å². The molecule has 5 saturated heterocycles. The number of halogens is 5. The monoisotopic (exact) mass is 1540 g/mol. The van der Waals surface area contributed by atoms with Crippen molar-refractivity contribution in [2.45, 2.75) is 38.9 Å². The van der Waals surface area contributed by atoms with E-state index in [4.69, 9.17) is 25.9 Å². The fraction of sp³-hybridized carbons (Fsp3) is 0.324. The average Bonchev–Trinajstić information content (AvgIpc) is 1.78. The summed E-state index contributed by atoms with van der Waals surface area (Å²) in [5, 5.41) is 29.4. The van der Waals surface area contributed by atoms with Crippen molar-refractivity contribution in [3.8, 4) is 11.3 Å². The molecule has 0 spiro atoms. The van der Waals surface area contributed by atoms with E-state index < -0.39 is 5.20 Å². The van der Waals surface area contributed by atoms with Crippen molar-refractivity contribution in [2.75, 3.05) is 119 Å². The average molecular weight is 1540 g/mol. The number of fused-ring (bicyclic) bond motifs is 6. The van der Waals surface area contributed by atoms with E-state index in [1.807, 2.05) is 96.5 Å². The first-order chi connectivity index (χ1) is 48.9. The minimum absolute atomic E-state index is 0.0487. The van der Waals surface area contributed by atoms with E-state index >= 15 is 0 Å². The molecule has 11 heterocycles. The van der Waals surface area contributed by atoms with E-state index in [9.17, 15) is 14.2 Å². The molecular weight excluding hydrogens is 1460 g/mol. The number of H-pyrrole nitrogens is 2. The summed E-state index contributed by atoms with van der Waals surface area (Å²) in [6.07, 6.45) is 4.05. The van der Waals surface area contributed by atoms with Crippen molar-refractivity contribution in [2.24, 2.45) is 14.1 Å². The van der Waals surface area contributed by atoms with Gasteiger partial charge in [0.15, 0.2) is 0 Å². The zero-order valence-corrected chi connectivity index (χ0v) is 63.5. The predicted octanol–water partition coefficient (Wildman–Crippen LogP) is 12.6. The summed E-state index contributed by atoms with van der Waals surface area (Å²) >= 11 is 23.1. The SMILES string of the molecule is C1CNCCN1.Clc1ccc2cc(N3CCNCC3)ccc2n1.Cn1cc2cc(-c3ccc4cc(N5CCNCC5)ccc4n3)ccc2n1.Cn1cc2cc(B3OC(C)(C)C(C)(C)O3)ccc2n1.O=P(Cl)(Cl)Cl.O=c1ccc2cc(Br)ccc2[nH]1.O=c1ccc2cc(N3CCNCC3)ccc2[nH]1. The van der Waals surface area contributed by atoms with Crippen LogP contribution in [0.15, 0.2) is 184 Å². The van der Waals surface area contributed by atoms with Gasteiger partial charge in [-0.3, -0.25) is 23.5 Å². The quantitative estimate of drug-likeness (QED) is 0.0482. The second-order valence-electron chi connectivity index (χ2n) is 26.1. The third kappa shape index (κ3) is 21.1. The highest BCUT2D eigenvalue weighted by Crippen LogP contribution is 2.61. The summed E-state index contributed by atoms with van der Waals surface area (Å²) in [5.74, 6) is 0. The molecule has 0 bridgehead atoms. The molecular formula is C74H85BBrCl4N16O5P. The number of benzene rings is 6. The molecule has 0 aliphatic carbocycles. The van der Waals surface area contributed by atoms with Crippen LogP contribution in [-0.2, 0) is 28.0 Å². The molecule has 0 amide bonds. The van der Waals surface area contributed by atoms with E-state index in [1.165, 1.54) is 28.5 Å². The first kappa shape index (κ1) is 75.7. The molecule has 6 aromatic heterocycles. The van der Waals surface area contributed by atoms with Gasteiger partial charge in [0, 0.05) is 208 Å². The Morgan fingerprint density at radius 3 is 1.35 bits per heavy atom. The van der Waals surface area contributed by atoms with Crippen LogP contribution < -0.4 is 57.9 Å². The van der Waals surface area contributed by atoms with Gasteiger partial charge >= 0.3 is 12.3 Å². The number of hydrogen-bond acceptors (Lipinski definition) is 17. The van der Waals surface area contributed by atoms with Crippen molar-refractivity contribution < 1.29 is 13.9 Å². The molecule has 21 nitrogen and oxygen atoms in total. The topological polar surface area (TPSA) is 233 Å². The number of aromatic amines is 2. The maximum absolute atomic E-state index is 11.2. The van der Waals surface area contributed by atoms with Crippen LogP contribution in [-0.4, -0.2) is 163 Å². The van der Waals surface area contributed by atoms with Crippen LogP contribution in [0.5, 0.6) is 0 Å².